The largest absolute Gasteiger partial charge is 0.332 e. The van der Waals surface area contributed by atoms with Crippen LogP contribution in [0.5, 0.6) is 0 Å². The van der Waals surface area contributed by atoms with Crippen LogP contribution in [-0.2, 0) is 4.74 Å². The van der Waals surface area contributed by atoms with Crippen LogP contribution in [0.2, 0.25) is 0 Å². The molecular formula is C11H26NO+. The predicted molar refractivity (Wildman–Crippen MR) is 57.5 cm³/mol. The summed E-state index contributed by atoms with van der Waals surface area (Å²) in [5.41, 5.74) is 0. The van der Waals surface area contributed by atoms with Crippen molar-refractivity contribution in [2.45, 2.75) is 39.8 Å². The third-order valence-corrected chi connectivity index (χ3v) is 3.17. The molecule has 2 nitrogen and oxygen atoms in total. The summed E-state index contributed by atoms with van der Waals surface area (Å²) in [6.07, 6.45) is 2.75. The van der Waals surface area contributed by atoms with Gasteiger partial charge in [0.05, 0.1) is 20.6 Å². The summed E-state index contributed by atoms with van der Waals surface area (Å²) >= 11 is 0. The predicted octanol–water partition coefficient (Wildman–Crippen LogP) is 2.49. The van der Waals surface area contributed by atoms with Gasteiger partial charge in [-0.2, -0.15) is 0 Å². The number of hydrogen-bond donors (Lipinski definition) is 0. The lowest BCUT2D eigenvalue weighted by Gasteiger charge is -2.37. The Morgan fingerprint density at radius 3 is 2.08 bits per heavy atom. The quantitative estimate of drug-likeness (QED) is 0.460. The molecule has 2 unspecified atom stereocenters. The van der Waals surface area contributed by atoms with Crippen molar-refractivity contribution in [3.63, 3.8) is 0 Å². The van der Waals surface area contributed by atoms with Gasteiger partial charge in [-0.05, 0) is 12.8 Å². The Labute approximate surface area is 83.5 Å². The van der Waals surface area contributed by atoms with Crippen molar-refractivity contribution >= 4 is 0 Å². The lowest BCUT2D eigenvalue weighted by molar-refractivity contribution is -0.936. The van der Waals surface area contributed by atoms with Crippen LogP contribution in [0, 0.1) is 5.92 Å². The average molecular weight is 188 g/mol. The van der Waals surface area contributed by atoms with E-state index in [2.05, 4.69) is 34.9 Å². The van der Waals surface area contributed by atoms with E-state index in [4.69, 9.17) is 4.74 Å². The van der Waals surface area contributed by atoms with Crippen molar-refractivity contribution in [3.8, 4) is 0 Å². The molecule has 2 heteroatoms. The zero-order chi connectivity index (χ0) is 10.5. The van der Waals surface area contributed by atoms with Crippen LogP contribution < -0.4 is 0 Å². The van der Waals surface area contributed by atoms with Gasteiger partial charge in [0, 0.05) is 13.5 Å². The van der Waals surface area contributed by atoms with Gasteiger partial charge in [0.15, 0.2) is 6.23 Å². The van der Waals surface area contributed by atoms with Crippen LogP contribution in [0.1, 0.15) is 33.6 Å². The third-order valence-electron chi connectivity index (χ3n) is 3.17. The second-order valence-corrected chi connectivity index (χ2v) is 4.53. The van der Waals surface area contributed by atoms with Gasteiger partial charge in [0.2, 0.25) is 0 Å². The first-order valence-electron chi connectivity index (χ1n) is 5.33. The zero-order valence-corrected chi connectivity index (χ0v) is 10.1. The first-order valence-corrected chi connectivity index (χ1v) is 5.33. The fraction of sp³-hybridized carbons (Fsp3) is 1.00. The summed E-state index contributed by atoms with van der Waals surface area (Å²) in [6, 6.07) is 0. The van der Waals surface area contributed by atoms with Gasteiger partial charge in [-0.25, -0.2) is 0 Å². The van der Waals surface area contributed by atoms with Crippen molar-refractivity contribution in [3.05, 3.63) is 0 Å². The summed E-state index contributed by atoms with van der Waals surface area (Å²) in [7, 11) is 6.29. The molecule has 0 aromatic carbocycles. The Bertz CT molecular complexity index is 134. The molecule has 0 aliphatic carbocycles. The van der Waals surface area contributed by atoms with E-state index in [-0.39, 0.29) is 0 Å². The van der Waals surface area contributed by atoms with Crippen LogP contribution in [0.15, 0.2) is 0 Å². The molecule has 0 rings (SSSR count). The van der Waals surface area contributed by atoms with E-state index in [0.29, 0.717) is 6.23 Å². The molecule has 0 aliphatic heterocycles. The fourth-order valence-electron chi connectivity index (χ4n) is 1.38. The van der Waals surface area contributed by atoms with Crippen molar-refractivity contribution in [2.75, 3.05) is 27.7 Å². The van der Waals surface area contributed by atoms with Gasteiger partial charge in [-0.15, -0.1) is 0 Å². The Balaban J connectivity index is 4.17. The average Bonchev–Trinajstić information content (AvgIpc) is 2.13. The van der Waals surface area contributed by atoms with E-state index in [1.54, 1.807) is 0 Å². The lowest BCUT2D eigenvalue weighted by Crippen LogP contribution is -2.50. The summed E-state index contributed by atoms with van der Waals surface area (Å²) in [5.74, 6) is 0.758. The van der Waals surface area contributed by atoms with Crippen LogP contribution in [0.4, 0.5) is 0 Å². The number of rotatable bonds is 6. The Morgan fingerprint density at radius 1 is 1.23 bits per heavy atom. The maximum Gasteiger partial charge on any atom is 0.192 e. The smallest absolute Gasteiger partial charge is 0.192 e. The molecule has 0 amide bonds. The van der Waals surface area contributed by atoms with Gasteiger partial charge in [0.25, 0.3) is 0 Å². The minimum absolute atomic E-state index is 0.347. The summed E-state index contributed by atoms with van der Waals surface area (Å²) < 4.78 is 6.51. The minimum atomic E-state index is 0.347. The maximum absolute atomic E-state index is 5.55. The Morgan fingerprint density at radius 2 is 1.77 bits per heavy atom. The minimum Gasteiger partial charge on any atom is -0.332 e. The van der Waals surface area contributed by atoms with Gasteiger partial charge in [0.1, 0.15) is 0 Å². The van der Waals surface area contributed by atoms with Gasteiger partial charge >= 0.3 is 0 Å². The monoisotopic (exact) mass is 188 g/mol. The van der Waals surface area contributed by atoms with E-state index < -0.39 is 0 Å². The highest BCUT2D eigenvalue weighted by Gasteiger charge is 2.27. The SMILES string of the molecule is CCC(C)CC(OC)[N+](C)(C)CC. The fourth-order valence-corrected chi connectivity index (χ4v) is 1.38. The second kappa shape index (κ2) is 5.61. The van der Waals surface area contributed by atoms with Crippen LogP contribution in [0.25, 0.3) is 0 Å². The molecule has 0 heterocycles. The molecule has 0 bridgehead atoms. The molecule has 13 heavy (non-hydrogen) atoms. The van der Waals surface area contributed by atoms with E-state index >= 15 is 0 Å². The van der Waals surface area contributed by atoms with Gasteiger partial charge in [-0.1, -0.05) is 20.3 Å². The summed E-state index contributed by atoms with van der Waals surface area (Å²) in [5, 5.41) is 0. The molecule has 0 aliphatic rings. The highest BCUT2D eigenvalue weighted by Crippen LogP contribution is 2.18. The van der Waals surface area contributed by atoms with E-state index in [0.717, 1.165) is 23.4 Å². The molecule has 0 saturated heterocycles. The van der Waals surface area contributed by atoms with Crippen molar-refractivity contribution < 1.29 is 9.22 Å². The van der Waals surface area contributed by atoms with Crippen LogP contribution in [0.3, 0.4) is 0 Å². The molecule has 0 N–H and O–H groups in total. The van der Waals surface area contributed by atoms with Crippen LogP contribution in [-0.4, -0.2) is 38.5 Å². The topological polar surface area (TPSA) is 9.23 Å². The Kier molecular flexibility index (Phi) is 5.57. The van der Waals surface area contributed by atoms with Crippen molar-refractivity contribution in [1.82, 2.24) is 0 Å². The lowest BCUT2D eigenvalue weighted by atomic mass is 10.0. The highest BCUT2D eigenvalue weighted by molar-refractivity contribution is 4.54. The van der Waals surface area contributed by atoms with E-state index in [9.17, 15) is 0 Å². The molecule has 0 radical (unpaired) electrons. The van der Waals surface area contributed by atoms with E-state index in [1.807, 2.05) is 7.11 Å². The molecule has 0 spiro atoms. The van der Waals surface area contributed by atoms with Gasteiger partial charge < -0.3 is 9.22 Å². The van der Waals surface area contributed by atoms with Crippen molar-refractivity contribution in [2.24, 2.45) is 5.92 Å². The third kappa shape index (κ3) is 4.10. The molecule has 0 aromatic rings. The number of methoxy groups -OCH3 is 1. The highest BCUT2D eigenvalue weighted by atomic mass is 16.5. The summed E-state index contributed by atoms with van der Waals surface area (Å²) in [6.45, 7) is 7.86. The Hall–Kier alpha value is -0.0800. The normalized spacial score (nSPS) is 17.1. The molecule has 2 atom stereocenters. The summed E-state index contributed by atoms with van der Waals surface area (Å²) in [4.78, 5) is 0. The molecule has 80 valence electrons. The number of hydrogen-bond acceptors (Lipinski definition) is 1. The first kappa shape index (κ1) is 12.9. The van der Waals surface area contributed by atoms with Gasteiger partial charge in [-0.3, -0.25) is 0 Å². The molecular weight excluding hydrogens is 162 g/mol. The number of ether oxygens (including phenoxy) is 1. The van der Waals surface area contributed by atoms with E-state index in [1.165, 1.54) is 6.42 Å². The standard InChI is InChI=1S/C11H26NO/c1-7-10(3)9-11(13-6)12(4,5)8-2/h10-11H,7-9H2,1-6H3/q+1. The second-order valence-electron chi connectivity index (χ2n) is 4.53. The zero-order valence-electron chi connectivity index (χ0n) is 10.1. The number of nitrogens with zero attached hydrogens (tertiary/aromatic N) is 1. The number of quaternary nitrogens is 1. The first-order chi connectivity index (χ1) is 5.97. The maximum atomic E-state index is 5.55. The van der Waals surface area contributed by atoms with Crippen LogP contribution >= 0.6 is 0 Å². The molecule has 0 saturated carbocycles. The molecule has 0 aromatic heterocycles. The van der Waals surface area contributed by atoms with Crippen molar-refractivity contribution in [1.29, 1.82) is 0 Å². The molecule has 0 fully saturated rings.